The number of esters is 1. The SMILES string of the molecule is CCOC(=O)[C@H]1CN(C(=O)O)CC[C@@H]1N. The molecule has 1 heterocycles. The summed E-state index contributed by atoms with van der Waals surface area (Å²) < 4.78 is 4.84. The van der Waals surface area contributed by atoms with Gasteiger partial charge in [0.05, 0.1) is 12.5 Å². The second kappa shape index (κ2) is 4.97. The number of hydrogen-bond acceptors (Lipinski definition) is 4. The van der Waals surface area contributed by atoms with Crippen LogP contribution in [0.1, 0.15) is 13.3 Å². The maximum atomic E-state index is 11.5. The van der Waals surface area contributed by atoms with Crippen molar-refractivity contribution in [1.29, 1.82) is 0 Å². The summed E-state index contributed by atoms with van der Waals surface area (Å²) in [6.45, 7) is 2.51. The largest absolute Gasteiger partial charge is 0.466 e. The number of piperidine rings is 1. The highest BCUT2D eigenvalue weighted by Crippen LogP contribution is 2.17. The molecule has 0 saturated carbocycles. The lowest BCUT2D eigenvalue weighted by atomic mass is 9.93. The number of hydrogen-bond donors (Lipinski definition) is 2. The van der Waals surface area contributed by atoms with Gasteiger partial charge >= 0.3 is 12.1 Å². The Labute approximate surface area is 88.0 Å². The lowest BCUT2D eigenvalue weighted by Gasteiger charge is -2.33. The van der Waals surface area contributed by atoms with Gasteiger partial charge in [-0.3, -0.25) is 4.79 Å². The van der Waals surface area contributed by atoms with Crippen LogP contribution in [0.5, 0.6) is 0 Å². The van der Waals surface area contributed by atoms with Gasteiger partial charge in [-0.05, 0) is 13.3 Å². The van der Waals surface area contributed by atoms with E-state index in [0.717, 1.165) is 0 Å². The summed E-state index contributed by atoms with van der Waals surface area (Å²) in [7, 11) is 0. The second-order valence-electron chi connectivity index (χ2n) is 3.54. The Balaban J connectivity index is 2.60. The Hall–Kier alpha value is -1.30. The summed E-state index contributed by atoms with van der Waals surface area (Å²) in [5.74, 6) is -0.939. The molecule has 0 aliphatic carbocycles. The fourth-order valence-electron chi connectivity index (χ4n) is 1.64. The van der Waals surface area contributed by atoms with Crippen molar-refractivity contribution in [2.45, 2.75) is 19.4 Å². The predicted molar refractivity (Wildman–Crippen MR) is 52.3 cm³/mol. The van der Waals surface area contributed by atoms with Crippen LogP contribution in [0, 0.1) is 5.92 Å². The van der Waals surface area contributed by atoms with Crippen LogP contribution in [0.25, 0.3) is 0 Å². The molecule has 1 rings (SSSR count). The first-order valence-electron chi connectivity index (χ1n) is 4.96. The lowest BCUT2D eigenvalue weighted by Crippen LogP contribution is -2.52. The maximum Gasteiger partial charge on any atom is 0.407 e. The van der Waals surface area contributed by atoms with E-state index in [2.05, 4.69) is 0 Å². The minimum Gasteiger partial charge on any atom is -0.466 e. The van der Waals surface area contributed by atoms with Gasteiger partial charge in [0.2, 0.25) is 0 Å². The molecule has 2 atom stereocenters. The van der Waals surface area contributed by atoms with Gasteiger partial charge in [-0.2, -0.15) is 0 Å². The zero-order valence-corrected chi connectivity index (χ0v) is 8.68. The van der Waals surface area contributed by atoms with Crippen LogP contribution in [0.3, 0.4) is 0 Å². The van der Waals surface area contributed by atoms with Gasteiger partial charge in [0.1, 0.15) is 0 Å². The van der Waals surface area contributed by atoms with E-state index in [4.69, 9.17) is 15.6 Å². The summed E-state index contributed by atoms with van der Waals surface area (Å²) in [6.07, 6.45) is -0.522. The van der Waals surface area contributed by atoms with Crippen LogP contribution in [-0.4, -0.2) is 47.8 Å². The van der Waals surface area contributed by atoms with Gasteiger partial charge < -0.3 is 20.5 Å². The molecule has 6 nitrogen and oxygen atoms in total. The van der Waals surface area contributed by atoms with Gasteiger partial charge in [-0.25, -0.2) is 4.79 Å². The average Bonchev–Trinajstić information content (AvgIpc) is 2.18. The van der Waals surface area contributed by atoms with E-state index < -0.39 is 18.0 Å². The summed E-state index contributed by atoms with van der Waals surface area (Å²) in [4.78, 5) is 23.4. The first-order chi connectivity index (χ1) is 7.06. The minimum atomic E-state index is -1.02. The standard InChI is InChI=1S/C9H16N2O4/c1-2-15-8(12)6-5-11(9(13)14)4-3-7(6)10/h6-7H,2-5,10H2,1H3,(H,13,14)/t6-,7-/m0/s1. The van der Waals surface area contributed by atoms with Crippen molar-refractivity contribution in [3.8, 4) is 0 Å². The average molecular weight is 216 g/mol. The van der Waals surface area contributed by atoms with Crippen LogP contribution >= 0.6 is 0 Å². The van der Waals surface area contributed by atoms with Crippen molar-refractivity contribution in [3.63, 3.8) is 0 Å². The topological polar surface area (TPSA) is 92.9 Å². The molecule has 1 aliphatic heterocycles. The second-order valence-corrected chi connectivity index (χ2v) is 3.54. The summed E-state index contributed by atoms with van der Waals surface area (Å²) >= 11 is 0. The van der Waals surface area contributed by atoms with E-state index in [0.29, 0.717) is 13.0 Å². The Morgan fingerprint density at radius 1 is 1.60 bits per heavy atom. The first-order valence-corrected chi connectivity index (χ1v) is 4.96. The minimum absolute atomic E-state index is 0.134. The molecule has 0 aromatic heterocycles. The maximum absolute atomic E-state index is 11.5. The number of nitrogens with two attached hydrogens (primary N) is 1. The molecule has 0 aromatic carbocycles. The number of ether oxygens (including phenoxy) is 1. The Morgan fingerprint density at radius 2 is 2.27 bits per heavy atom. The van der Waals surface area contributed by atoms with Crippen molar-refractivity contribution in [1.82, 2.24) is 4.90 Å². The number of likely N-dealkylation sites (tertiary alicyclic amines) is 1. The number of nitrogens with zero attached hydrogens (tertiary/aromatic N) is 1. The fraction of sp³-hybridized carbons (Fsp3) is 0.778. The monoisotopic (exact) mass is 216 g/mol. The molecular formula is C9H16N2O4. The predicted octanol–water partition coefficient (Wildman–Crippen LogP) is -0.123. The molecule has 86 valence electrons. The molecular weight excluding hydrogens is 200 g/mol. The molecule has 0 aromatic rings. The van der Waals surface area contributed by atoms with Gasteiger partial charge in [0.15, 0.2) is 0 Å². The van der Waals surface area contributed by atoms with Crippen LogP contribution in [0.2, 0.25) is 0 Å². The third-order valence-corrected chi connectivity index (χ3v) is 2.53. The smallest absolute Gasteiger partial charge is 0.407 e. The highest BCUT2D eigenvalue weighted by atomic mass is 16.5. The van der Waals surface area contributed by atoms with E-state index in [1.165, 1.54) is 4.90 Å². The van der Waals surface area contributed by atoms with Crippen LogP contribution in [0.4, 0.5) is 4.79 Å². The molecule has 1 saturated heterocycles. The Bertz CT molecular complexity index is 256. The molecule has 1 aliphatic rings. The fourth-order valence-corrected chi connectivity index (χ4v) is 1.64. The number of amides is 1. The zero-order chi connectivity index (χ0) is 11.4. The van der Waals surface area contributed by atoms with Crippen LogP contribution in [0.15, 0.2) is 0 Å². The van der Waals surface area contributed by atoms with Crippen LogP contribution in [-0.2, 0) is 9.53 Å². The number of carbonyl (C=O) groups is 2. The van der Waals surface area contributed by atoms with E-state index in [-0.39, 0.29) is 19.2 Å². The number of rotatable bonds is 2. The summed E-state index contributed by atoms with van der Waals surface area (Å²) in [5.41, 5.74) is 5.75. The Morgan fingerprint density at radius 3 is 2.80 bits per heavy atom. The van der Waals surface area contributed by atoms with Crippen molar-refractivity contribution in [2.75, 3.05) is 19.7 Å². The first kappa shape index (κ1) is 11.8. The normalized spacial score (nSPS) is 26.1. The molecule has 1 fully saturated rings. The van der Waals surface area contributed by atoms with Gasteiger partial charge in [0, 0.05) is 19.1 Å². The number of carboxylic acid groups (broad SMARTS) is 1. The molecule has 0 radical (unpaired) electrons. The van der Waals surface area contributed by atoms with Gasteiger partial charge in [-0.15, -0.1) is 0 Å². The number of carbonyl (C=O) groups excluding carboxylic acids is 1. The van der Waals surface area contributed by atoms with Gasteiger partial charge in [-0.1, -0.05) is 0 Å². The van der Waals surface area contributed by atoms with Gasteiger partial charge in [0.25, 0.3) is 0 Å². The molecule has 0 unspecified atom stereocenters. The quantitative estimate of drug-likeness (QED) is 0.627. The Kier molecular flexibility index (Phi) is 3.90. The molecule has 15 heavy (non-hydrogen) atoms. The molecule has 6 heteroatoms. The zero-order valence-electron chi connectivity index (χ0n) is 8.68. The molecule has 0 spiro atoms. The van der Waals surface area contributed by atoms with E-state index in [1.54, 1.807) is 6.92 Å². The molecule has 3 N–H and O–H groups in total. The lowest BCUT2D eigenvalue weighted by molar-refractivity contribution is -0.150. The van der Waals surface area contributed by atoms with Crippen molar-refractivity contribution >= 4 is 12.1 Å². The third kappa shape index (κ3) is 2.82. The highest BCUT2D eigenvalue weighted by molar-refractivity contribution is 5.75. The van der Waals surface area contributed by atoms with E-state index in [1.807, 2.05) is 0 Å². The van der Waals surface area contributed by atoms with Crippen LogP contribution < -0.4 is 5.73 Å². The van der Waals surface area contributed by atoms with Crippen molar-refractivity contribution < 1.29 is 19.4 Å². The molecule has 1 amide bonds. The summed E-state index contributed by atoms with van der Waals surface area (Å²) in [6, 6.07) is -0.306. The summed E-state index contributed by atoms with van der Waals surface area (Å²) in [5, 5.41) is 8.79. The van der Waals surface area contributed by atoms with E-state index in [9.17, 15) is 9.59 Å². The molecule has 0 bridgehead atoms. The van der Waals surface area contributed by atoms with Crippen molar-refractivity contribution in [2.24, 2.45) is 11.7 Å². The highest BCUT2D eigenvalue weighted by Gasteiger charge is 2.34. The third-order valence-electron chi connectivity index (χ3n) is 2.53. The van der Waals surface area contributed by atoms with E-state index >= 15 is 0 Å². The van der Waals surface area contributed by atoms with Crippen molar-refractivity contribution in [3.05, 3.63) is 0 Å².